The van der Waals surface area contributed by atoms with Gasteiger partial charge >= 0.3 is 0 Å². The summed E-state index contributed by atoms with van der Waals surface area (Å²) < 4.78 is 12.1. The van der Waals surface area contributed by atoms with E-state index in [4.69, 9.17) is 9.26 Å². The average Bonchev–Trinajstić information content (AvgIpc) is 2.95. The highest BCUT2D eigenvalue weighted by Gasteiger charge is 2.03. The molecular weight excluding hydrogens is 232 g/mol. The molecule has 0 bridgehead atoms. The predicted octanol–water partition coefficient (Wildman–Crippen LogP) is 0.964. The number of aryl methyl sites for hydroxylation is 1. The third-order valence-corrected chi connectivity index (χ3v) is 2.49. The summed E-state index contributed by atoms with van der Waals surface area (Å²) in [4.78, 5) is 4.31. The van der Waals surface area contributed by atoms with Gasteiger partial charge in [-0.25, -0.2) is 4.98 Å². The Morgan fingerprint density at radius 1 is 1.50 bits per heavy atom. The van der Waals surface area contributed by atoms with Crippen molar-refractivity contribution in [1.29, 1.82) is 0 Å². The molecule has 1 N–H and O–H groups in total. The minimum atomic E-state index is 0.659. The van der Waals surface area contributed by atoms with Gasteiger partial charge in [0.2, 0.25) is 0 Å². The number of nitrogens with one attached hydrogen (secondary N) is 1. The van der Waals surface area contributed by atoms with E-state index >= 15 is 0 Å². The highest BCUT2D eigenvalue weighted by atomic mass is 16.5. The Bertz CT molecular complexity index is 478. The second kappa shape index (κ2) is 6.32. The molecule has 0 saturated heterocycles. The summed E-state index contributed by atoms with van der Waals surface area (Å²) in [7, 11) is 1.69. The molecule has 0 aliphatic heterocycles. The van der Waals surface area contributed by atoms with Crippen LogP contribution in [-0.4, -0.2) is 35.0 Å². The van der Waals surface area contributed by atoms with E-state index in [0.29, 0.717) is 13.2 Å². The third-order valence-electron chi connectivity index (χ3n) is 2.49. The molecule has 0 spiro atoms. The first-order valence-electron chi connectivity index (χ1n) is 5.90. The van der Waals surface area contributed by atoms with Crippen LogP contribution < -0.4 is 5.32 Å². The van der Waals surface area contributed by atoms with E-state index in [0.717, 1.165) is 30.2 Å². The second-order valence-electron chi connectivity index (χ2n) is 4.14. The third kappa shape index (κ3) is 3.68. The van der Waals surface area contributed by atoms with Crippen molar-refractivity contribution in [1.82, 2.24) is 20.0 Å². The average molecular weight is 250 g/mol. The van der Waals surface area contributed by atoms with Crippen LogP contribution in [0.3, 0.4) is 0 Å². The number of nitrogens with zero attached hydrogens (tertiary/aromatic N) is 3. The Morgan fingerprint density at radius 3 is 3.11 bits per heavy atom. The van der Waals surface area contributed by atoms with Gasteiger partial charge in [0.15, 0.2) is 5.76 Å². The SMILES string of the molecule is COCCNCc1cn(Cc2cc(C)no2)cn1. The smallest absolute Gasteiger partial charge is 0.156 e. The molecule has 0 unspecified atom stereocenters. The summed E-state index contributed by atoms with van der Waals surface area (Å²) in [5.74, 6) is 0.837. The van der Waals surface area contributed by atoms with Gasteiger partial charge in [0, 0.05) is 32.5 Å². The van der Waals surface area contributed by atoms with Crippen LogP contribution in [0.2, 0.25) is 0 Å². The summed E-state index contributed by atoms with van der Waals surface area (Å²) in [5, 5.41) is 7.10. The largest absolute Gasteiger partial charge is 0.383 e. The standard InChI is InChI=1S/C12H18N4O2/c1-10-5-12(18-15-10)8-16-7-11(14-9-16)6-13-3-4-17-2/h5,7,9,13H,3-4,6,8H2,1-2H3. The zero-order valence-electron chi connectivity index (χ0n) is 10.7. The van der Waals surface area contributed by atoms with Crippen LogP contribution >= 0.6 is 0 Å². The molecule has 6 nitrogen and oxygen atoms in total. The lowest BCUT2D eigenvalue weighted by atomic mass is 10.4. The van der Waals surface area contributed by atoms with Crippen molar-refractivity contribution >= 4 is 0 Å². The molecule has 2 aromatic rings. The van der Waals surface area contributed by atoms with Gasteiger partial charge in [-0.15, -0.1) is 0 Å². The van der Waals surface area contributed by atoms with Gasteiger partial charge in [0.25, 0.3) is 0 Å². The van der Waals surface area contributed by atoms with E-state index in [-0.39, 0.29) is 0 Å². The molecule has 0 saturated carbocycles. The molecule has 0 aliphatic rings. The maximum Gasteiger partial charge on any atom is 0.156 e. The number of methoxy groups -OCH3 is 1. The van der Waals surface area contributed by atoms with Crippen molar-refractivity contribution in [3.05, 3.63) is 35.7 Å². The number of imidazole rings is 1. The summed E-state index contributed by atoms with van der Waals surface area (Å²) in [6.07, 6.45) is 3.79. The zero-order valence-corrected chi connectivity index (χ0v) is 10.7. The van der Waals surface area contributed by atoms with E-state index in [1.54, 1.807) is 13.4 Å². The van der Waals surface area contributed by atoms with Crippen molar-refractivity contribution < 1.29 is 9.26 Å². The van der Waals surface area contributed by atoms with E-state index < -0.39 is 0 Å². The first kappa shape index (κ1) is 12.8. The van der Waals surface area contributed by atoms with Crippen molar-refractivity contribution in [2.75, 3.05) is 20.3 Å². The van der Waals surface area contributed by atoms with Gasteiger partial charge in [0.05, 0.1) is 30.9 Å². The van der Waals surface area contributed by atoms with Gasteiger partial charge in [-0.05, 0) is 6.92 Å². The highest BCUT2D eigenvalue weighted by molar-refractivity contribution is 5.05. The van der Waals surface area contributed by atoms with Crippen LogP contribution in [0.5, 0.6) is 0 Å². The fraction of sp³-hybridized carbons (Fsp3) is 0.500. The first-order chi connectivity index (χ1) is 8.78. The minimum Gasteiger partial charge on any atom is -0.383 e. The summed E-state index contributed by atoms with van der Waals surface area (Å²) in [6.45, 7) is 4.84. The second-order valence-corrected chi connectivity index (χ2v) is 4.14. The number of rotatable bonds is 7. The Labute approximate surface area is 106 Å². The molecule has 6 heteroatoms. The van der Waals surface area contributed by atoms with Gasteiger partial charge in [-0.3, -0.25) is 0 Å². The van der Waals surface area contributed by atoms with Gasteiger partial charge in [0.1, 0.15) is 0 Å². The molecule has 2 heterocycles. The van der Waals surface area contributed by atoms with Gasteiger partial charge in [-0.2, -0.15) is 0 Å². The first-order valence-corrected chi connectivity index (χ1v) is 5.90. The number of aromatic nitrogens is 3. The van der Waals surface area contributed by atoms with Crippen LogP contribution in [0.25, 0.3) is 0 Å². The van der Waals surface area contributed by atoms with Crippen molar-refractivity contribution in [3.63, 3.8) is 0 Å². The summed E-state index contributed by atoms with van der Waals surface area (Å²) >= 11 is 0. The van der Waals surface area contributed by atoms with Gasteiger partial charge in [-0.1, -0.05) is 5.16 Å². The maximum atomic E-state index is 5.16. The molecule has 18 heavy (non-hydrogen) atoms. The monoisotopic (exact) mass is 250 g/mol. The lowest BCUT2D eigenvalue weighted by molar-refractivity contribution is 0.199. The zero-order chi connectivity index (χ0) is 12.8. The number of hydrogen-bond acceptors (Lipinski definition) is 5. The Morgan fingerprint density at radius 2 is 2.39 bits per heavy atom. The van der Waals surface area contributed by atoms with Crippen LogP contribution in [0, 0.1) is 6.92 Å². The van der Waals surface area contributed by atoms with Crippen molar-refractivity contribution in [3.8, 4) is 0 Å². The fourth-order valence-corrected chi connectivity index (χ4v) is 1.65. The molecule has 98 valence electrons. The molecule has 0 aliphatic carbocycles. The van der Waals surface area contributed by atoms with Gasteiger partial charge < -0.3 is 19.1 Å². The Hall–Kier alpha value is -1.66. The van der Waals surface area contributed by atoms with Crippen LogP contribution in [0.15, 0.2) is 23.1 Å². The molecule has 0 radical (unpaired) electrons. The number of hydrogen-bond donors (Lipinski definition) is 1. The van der Waals surface area contributed by atoms with Crippen LogP contribution in [0.1, 0.15) is 17.1 Å². The quantitative estimate of drug-likeness (QED) is 0.742. The number of ether oxygens (including phenoxy) is 1. The lowest BCUT2D eigenvalue weighted by Gasteiger charge is -2.00. The van der Waals surface area contributed by atoms with Crippen molar-refractivity contribution in [2.45, 2.75) is 20.0 Å². The van der Waals surface area contributed by atoms with Crippen molar-refractivity contribution in [2.24, 2.45) is 0 Å². The summed E-state index contributed by atoms with van der Waals surface area (Å²) in [5.41, 5.74) is 1.90. The molecule has 0 fully saturated rings. The Balaban J connectivity index is 1.82. The normalized spacial score (nSPS) is 11.0. The molecule has 0 atom stereocenters. The van der Waals surface area contributed by atoms with E-state index in [1.165, 1.54) is 0 Å². The highest BCUT2D eigenvalue weighted by Crippen LogP contribution is 2.05. The van der Waals surface area contributed by atoms with Crippen LogP contribution in [-0.2, 0) is 17.8 Å². The fourth-order valence-electron chi connectivity index (χ4n) is 1.65. The maximum absolute atomic E-state index is 5.16. The minimum absolute atomic E-state index is 0.659. The lowest BCUT2D eigenvalue weighted by Crippen LogP contribution is -2.18. The van der Waals surface area contributed by atoms with E-state index in [9.17, 15) is 0 Å². The molecule has 2 rings (SSSR count). The molecule has 2 aromatic heterocycles. The molecular formula is C12H18N4O2. The Kier molecular flexibility index (Phi) is 4.49. The van der Waals surface area contributed by atoms with E-state index in [1.807, 2.05) is 23.8 Å². The molecule has 0 amide bonds. The van der Waals surface area contributed by atoms with Crippen LogP contribution in [0.4, 0.5) is 0 Å². The predicted molar refractivity (Wildman–Crippen MR) is 66.2 cm³/mol. The van der Waals surface area contributed by atoms with E-state index in [2.05, 4.69) is 15.5 Å². The topological polar surface area (TPSA) is 65.1 Å². The molecule has 0 aromatic carbocycles. The summed E-state index contributed by atoms with van der Waals surface area (Å²) in [6, 6.07) is 1.93.